The van der Waals surface area contributed by atoms with Gasteiger partial charge >= 0.3 is 6.18 Å². The second-order valence-electron chi connectivity index (χ2n) is 8.48. The molecule has 162 valence electrons. The number of ether oxygens (including phenoxy) is 1. The first-order chi connectivity index (χ1) is 13.6. The van der Waals surface area contributed by atoms with E-state index in [-0.39, 0.29) is 16.0 Å². The molecule has 7 nitrogen and oxygen atoms in total. The molecule has 2 aliphatic heterocycles. The highest BCUT2D eigenvalue weighted by atomic mass is 32.2. The third kappa shape index (κ3) is 4.14. The first-order valence-electron chi connectivity index (χ1n) is 9.81. The molecule has 4 rings (SSSR count). The lowest BCUT2D eigenvalue weighted by Crippen LogP contribution is -2.67. The van der Waals surface area contributed by atoms with E-state index in [4.69, 9.17) is 4.74 Å². The highest BCUT2D eigenvalue weighted by Gasteiger charge is 2.55. The molecule has 1 spiro atoms. The second-order valence-corrected chi connectivity index (χ2v) is 10.4. The average Bonchev–Trinajstić information content (AvgIpc) is 2.58. The number of sulfonamides is 1. The van der Waals surface area contributed by atoms with Gasteiger partial charge in [-0.3, -0.25) is 0 Å². The van der Waals surface area contributed by atoms with E-state index in [1.807, 2.05) is 0 Å². The van der Waals surface area contributed by atoms with Crippen LogP contribution in [0.5, 0.6) is 0 Å². The summed E-state index contributed by atoms with van der Waals surface area (Å²) in [6.07, 6.45) is 0.0588. The molecule has 0 bridgehead atoms. The monoisotopic (exact) mass is 434 g/mol. The van der Waals surface area contributed by atoms with Crippen molar-refractivity contribution in [3.05, 3.63) is 17.7 Å². The summed E-state index contributed by atoms with van der Waals surface area (Å²) in [4.78, 5) is 6.29. The van der Waals surface area contributed by atoms with Crippen LogP contribution in [0, 0.1) is 18.3 Å². The van der Waals surface area contributed by atoms with Crippen LogP contribution in [0.3, 0.4) is 0 Å². The van der Waals surface area contributed by atoms with Gasteiger partial charge in [-0.1, -0.05) is 0 Å². The van der Waals surface area contributed by atoms with Crippen LogP contribution in [0.4, 0.5) is 13.2 Å². The maximum Gasteiger partial charge on any atom is 0.451 e. The van der Waals surface area contributed by atoms with Gasteiger partial charge in [0.05, 0.1) is 11.9 Å². The number of alkyl halides is 3. The number of aryl methyl sites for hydroxylation is 1. The Labute approximate surface area is 168 Å². The Morgan fingerprint density at radius 2 is 1.93 bits per heavy atom. The first-order valence-corrected chi connectivity index (χ1v) is 11.3. The zero-order valence-electron chi connectivity index (χ0n) is 16.2. The maximum absolute atomic E-state index is 12.8. The normalized spacial score (nSPS) is 23.7. The van der Waals surface area contributed by atoms with Crippen LogP contribution in [0.2, 0.25) is 0 Å². The van der Waals surface area contributed by atoms with Gasteiger partial charge in [0.1, 0.15) is 4.90 Å². The largest absolute Gasteiger partial charge is 0.451 e. The van der Waals surface area contributed by atoms with Gasteiger partial charge in [0.15, 0.2) is 0 Å². The van der Waals surface area contributed by atoms with Gasteiger partial charge in [0.2, 0.25) is 15.8 Å². The van der Waals surface area contributed by atoms with Crippen LogP contribution in [0.15, 0.2) is 11.1 Å². The van der Waals surface area contributed by atoms with Crippen molar-refractivity contribution in [3.8, 4) is 0 Å². The standard InChI is InChI=1S/C18H25F3N4O3S/c1-12-15(9-23-16(24-12)18(19,20)21)29(26,27)25-10-17(11-25)6-14(7-17)22-8-13-2-4-28-5-3-13/h9,13-14,22H,2-8,10-11H2,1H3. The second kappa shape index (κ2) is 7.44. The summed E-state index contributed by atoms with van der Waals surface area (Å²) in [6, 6.07) is 0.402. The molecule has 3 heterocycles. The Balaban J connectivity index is 1.30. The van der Waals surface area contributed by atoms with Crippen LogP contribution in [0.1, 0.15) is 37.2 Å². The van der Waals surface area contributed by atoms with E-state index in [0.29, 0.717) is 25.0 Å². The Morgan fingerprint density at radius 3 is 2.52 bits per heavy atom. The van der Waals surface area contributed by atoms with Crippen molar-refractivity contribution in [3.63, 3.8) is 0 Å². The van der Waals surface area contributed by atoms with Crippen molar-refractivity contribution < 1.29 is 26.3 Å². The third-order valence-electron chi connectivity index (χ3n) is 6.22. The molecule has 3 fully saturated rings. The van der Waals surface area contributed by atoms with E-state index in [2.05, 4.69) is 15.3 Å². The minimum atomic E-state index is -4.70. The number of hydrogen-bond acceptors (Lipinski definition) is 6. The highest BCUT2D eigenvalue weighted by Crippen LogP contribution is 2.50. The summed E-state index contributed by atoms with van der Waals surface area (Å²) in [5.74, 6) is -0.687. The van der Waals surface area contributed by atoms with Crippen LogP contribution >= 0.6 is 0 Å². The third-order valence-corrected chi connectivity index (χ3v) is 8.12. The van der Waals surface area contributed by atoms with Gasteiger partial charge in [-0.05, 0) is 45.1 Å². The number of rotatable bonds is 5. The van der Waals surface area contributed by atoms with Crippen molar-refractivity contribution in [2.75, 3.05) is 32.8 Å². The zero-order chi connectivity index (χ0) is 20.9. The van der Waals surface area contributed by atoms with E-state index in [9.17, 15) is 21.6 Å². The Bertz CT molecular complexity index is 858. The predicted molar refractivity (Wildman–Crippen MR) is 97.5 cm³/mol. The SMILES string of the molecule is Cc1nc(C(F)(F)F)ncc1S(=O)(=O)N1CC2(CC(NCC3CCOCC3)C2)C1. The van der Waals surface area contributed by atoms with Gasteiger partial charge in [0.25, 0.3) is 0 Å². The van der Waals surface area contributed by atoms with Gasteiger partial charge in [-0.15, -0.1) is 0 Å². The van der Waals surface area contributed by atoms with Crippen molar-refractivity contribution in [1.29, 1.82) is 0 Å². The Morgan fingerprint density at radius 1 is 1.28 bits per heavy atom. The quantitative estimate of drug-likeness (QED) is 0.763. The fourth-order valence-corrected chi connectivity index (χ4v) is 6.30. The molecule has 11 heteroatoms. The number of nitrogens with one attached hydrogen (secondary N) is 1. The van der Waals surface area contributed by atoms with E-state index in [1.165, 1.54) is 11.2 Å². The van der Waals surface area contributed by atoms with Gasteiger partial charge in [-0.2, -0.15) is 17.5 Å². The van der Waals surface area contributed by atoms with E-state index >= 15 is 0 Å². The molecule has 2 saturated heterocycles. The van der Waals surface area contributed by atoms with Crippen LogP contribution in [-0.4, -0.2) is 61.6 Å². The smallest absolute Gasteiger partial charge is 0.381 e. The summed E-state index contributed by atoms with van der Waals surface area (Å²) < 4.78 is 70.4. The molecular formula is C18H25F3N4O3S. The molecule has 1 aromatic heterocycles. The molecule has 0 unspecified atom stereocenters. The summed E-state index contributed by atoms with van der Waals surface area (Å²) >= 11 is 0. The average molecular weight is 434 g/mol. The molecule has 29 heavy (non-hydrogen) atoms. The summed E-state index contributed by atoms with van der Waals surface area (Å²) in [6.45, 7) is 4.66. The lowest BCUT2D eigenvalue weighted by atomic mass is 9.61. The van der Waals surface area contributed by atoms with Gasteiger partial charge in [-0.25, -0.2) is 18.4 Å². The fourth-order valence-electron chi connectivity index (χ4n) is 4.53. The van der Waals surface area contributed by atoms with E-state index < -0.39 is 22.0 Å². The minimum absolute atomic E-state index is 0.0128. The van der Waals surface area contributed by atoms with Gasteiger partial charge < -0.3 is 10.1 Å². The minimum Gasteiger partial charge on any atom is -0.381 e. The Hall–Kier alpha value is -1.30. The molecule has 1 aromatic rings. The van der Waals surface area contributed by atoms with Crippen molar-refractivity contribution >= 4 is 10.0 Å². The zero-order valence-corrected chi connectivity index (χ0v) is 17.0. The molecular weight excluding hydrogens is 409 g/mol. The number of nitrogens with zero attached hydrogens (tertiary/aromatic N) is 3. The number of aromatic nitrogens is 2. The van der Waals surface area contributed by atoms with Crippen LogP contribution in [-0.2, 0) is 20.9 Å². The lowest BCUT2D eigenvalue weighted by Gasteiger charge is -2.58. The number of hydrogen-bond donors (Lipinski definition) is 1. The molecule has 1 saturated carbocycles. The summed E-state index contributed by atoms with van der Waals surface area (Å²) in [5, 5.41) is 3.58. The molecule has 0 atom stereocenters. The van der Waals surface area contributed by atoms with Crippen molar-refractivity contribution in [1.82, 2.24) is 19.6 Å². The maximum atomic E-state index is 12.8. The lowest BCUT2D eigenvalue weighted by molar-refractivity contribution is -0.145. The van der Waals surface area contributed by atoms with E-state index in [1.54, 1.807) is 0 Å². The molecule has 1 N–H and O–H groups in total. The van der Waals surface area contributed by atoms with E-state index in [0.717, 1.165) is 51.6 Å². The molecule has 1 aliphatic carbocycles. The van der Waals surface area contributed by atoms with Crippen molar-refractivity contribution in [2.45, 2.75) is 49.7 Å². The molecule has 3 aliphatic rings. The predicted octanol–water partition coefficient (Wildman–Crippen LogP) is 1.97. The van der Waals surface area contributed by atoms with Crippen LogP contribution < -0.4 is 5.32 Å². The first kappa shape index (κ1) is 21.0. The Kier molecular flexibility index (Phi) is 5.37. The molecule has 0 radical (unpaired) electrons. The molecule has 0 amide bonds. The summed E-state index contributed by atoms with van der Waals surface area (Å²) in [5.41, 5.74) is -0.195. The highest BCUT2D eigenvalue weighted by molar-refractivity contribution is 7.89. The van der Waals surface area contributed by atoms with Crippen LogP contribution in [0.25, 0.3) is 0 Å². The topological polar surface area (TPSA) is 84.4 Å². The number of halogens is 3. The fraction of sp³-hybridized carbons (Fsp3) is 0.778. The van der Waals surface area contributed by atoms with Gasteiger partial charge in [0, 0.05) is 37.8 Å². The molecule has 0 aromatic carbocycles. The summed E-state index contributed by atoms with van der Waals surface area (Å²) in [7, 11) is -3.88. The van der Waals surface area contributed by atoms with Crippen molar-refractivity contribution in [2.24, 2.45) is 11.3 Å².